The lowest BCUT2D eigenvalue weighted by molar-refractivity contribution is 0.298. The first-order valence-electron chi connectivity index (χ1n) is 7.75. The summed E-state index contributed by atoms with van der Waals surface area (Å²) in [6.07, 6.45) is 6.18. The summed E-state index contributed by atoms with van der Waals surface area (Å²) in [5, 5.41) is 3.29. The fourth-order valence-corrected chi connectivity index (χ4v) is 1.77. The molecular weight excluding hydrogens is 252 g/mol. The van der Waals surface area contributed by atoms with Crippen LogP contribution in [0.25, 0.3) is 0 Å². The molecule has 0 aliphatic carbocycles. The average Bonchev–Trinajstić information content (AvgIpc) is 2.44. The minimum absolute atomic E-state index is 0.524. The van der Waals surface area contributed by atoms with E-state index < -0.39 is 0 Å². The zero-order valence-corrected chi connectivity index (χ0v) is 13.0. The Bertz CT molecular complexity index is 364. The van der Waals surface area contributed by atoms with Crippen LogP contribution in [0.3, 0.4) is 0 Å². The molecule has 0 aliphatic heterocycles. The molecule has 1 aromatic rings. The van der Waals surface area contributed by atoms with Gasteiger partial charge in [-0.1, -0.05) is 33.6 Å². The zero-order chi connectivity index (χ0) is 14.8. The normalized spacial score (nSPS) is 10.6. The van der Waals surface area contributed by atoms with Gasteiger partial charge in [0.2, 0.25) is 5.88 Å². The van der Waals surface area contributed by atoms with Crippen LogP contribution in [0.1, 0.15) is 58.7 Å². The fraction of sp³-hybridized carbons (Fsp3) is 0.733. The maximum Gasteiger partial charge on any atom is 0.242 e. The van der Waals surface area contributed by atoms with Gasteiger partial charge in [0.15, 0.2) is 5.82 Å². The van der Waals surface area contributed by atoms with Gasteiger partial charge in [-0.25, -0.2) is 4.98 Å². The number of nitrogens with one attached hydrogen (secondary N) is 1. The first-order chi connectivity index (χ1) is 9.72. The molecule has 0 radical (unpaired) electrons. The second-order valence-corrected chi connectivity index (χ2v) is 4.94. The van der Waals surface area contributed by atoms with Crippen molar-refractivity contribution in [1.82, 2.24) is 9.97 Å². The Labute approximate surface area is 122 Å². The summed E-state index contributed by atoms with van der Waals surface area (Å²) in [6, 6.07) is 0. The highest BCUT2D eigenvalue weighted by atomic mass is 16.5. The molecular formula is C15H28N4O. The topological polar surface area (TPSA) is 73.1 Å². The minimum Gasteiger partial charge on any atom is -0.476 e. The molecule has 3 N–H and O–H groups in total. The van der Waals surface area contributed by atoms with Crippen LogP contribution in [-0.4, -0.2) is 23.1 Å². The van der Waals surface area contributed by atoms with Crippen molar-refractivity contribution in [2.75, 3.05) is 24.2 Å². The van der Waals surface area contributed by atoms with Gasteiger partial charge in [0, 0.05) is 13.0 Å². The SMILES string of the molecule is CCCCNc1nc(CCC)nc(OCCCC)c1N. The Morgan fingerprint density at radius 3 is 2.45 bits per heavy atom. The number of hydrogen-bond acceptors (Lipinski definition) is 5. The predicted molar refractivity (Wildman–Crippen MR) is 84.2 cm³/mol. The van der Waals surface area contributed by atoms with Gasteiger partial charge in [-0.15, -0.1) is 0 Å². The third-order valence-corrected chi connectivity index (χ3v) is 2.99. The molecule has 0 fully saturated rings. The van der Waals surface area contributed by atoms with Crippen LogP contribution in [-0.2, 0) is 6.42 Å². The molecule has 0 saturated heterocycles. The van der Waals surface area contributed by atoms with E-state index in [1.165, 1.54) is 0 Å². The summed E-state index contributed by atoms with van der Waals surface area (Å²) in [6.45, 7) is 7.93. The van der Waals surface area contributed by atoms with Gasteiger partial charge in [-0.3, -0.25) is 0 Å². The van der Waals surface area contributed by atoms with Crippen molar-refractivity contribution in [1.29, 1.82) is 0 Å². The molecule has 0 bridgehead atoms. The smallest absolute Gasteiger partial charge is 0.242 e. The van der Waals surface area contributed by atoms with Crippen molar-refractivity contribution < 1.29 is 4.74 Å². The number of rotatable bonds is 10. The van der Waals surface area contributed by atoms with Gasteiger partial charge in [0.05, 0.1) is 6.61 Å². The third-order valence-electron chi connectivity index (χ3n) is 2.99. The summed E-state index contributed by atoms with van der Waals surface area (Å²) in [7, 11) is 0. The molecule has 5 heteroatoms. The highest BCUT2D eigenvalue weighted by Crippen LogP contribution is 2.26. The first kappa shape index (κ1) is 16.5. The molecule has 1 rings (SSSR count). The van der Waals surface area contributed by atoms with Crippen LogP contribution in [0.2, 0.25) is 0 Å². The van der Waals surface area contributed by atoms with Crippen LogP contribution < -0.4 is 15.8 Å². The van der Waals surface area contributed by atoms with Crippen molar-refractivity contribution in [3.8, 4) is 5.88 Å². The molecule has 20 heavy (non-hydrogen) atoms. The van der Waals surface area contributed by atoms with Crippen LogP contribution in [0.15, 0.2) is 0 Å². The number of ether oxygens (including phenoxy) is 1. The highest BCUT2D eigenvalue weighted by Gasteiger charge is 2.12. The molecule has 0 saturated carbocycles. The molecule has 0 unspecified atom stereocenters. The van der Waals surface area contributed by atoms with Gasteiger partial charge in [-0.05, 0) is 19.3 Å². The second-order valence-electron chi connectivity index (χ2n) is 4.94. The van der Waals surface area contributed by atoms with Crippen LogP contribution >= 0.6 is 0 Å². The Kier molecular flexibility index (Phi) is 7.77. The van der Waals surface area contributed by atoms with E-state index in [-0.39, 0.29) is 0 Å². The quantitative estimate of drug-likeness (QED) is 0.643. The highest BCUT2D eigenvalue weighted by molar-refractivity contribution is 5.66. The number of nitrogens with two attached hydrogens (primary N) is 1. The summed E-state index contributed by atoms with van der Waals surface area (Å²) < 4.78 is 5.70. The van der Waals surface area contributed by atoms with Crippen molar-refractivity contribution in [2.24, 2.45) is 0 Å². The number of hydrogen-bond donors (Lipinski definition) is 2. The summed E-state index contributed by atoms with van der Waals surface area (Å²) >= 11 is 0. The molecule has 0 amide bonds. The first-order valence-corrected chi connectivity index (χ1v) is 7.75. The monoisotopic (exact) mass is 280 g/mol. The van der Waals surface area contributed by atoms with Gasteiger partial charge in [0.25, 0.3) is 0 Å². The molecule has 0 atom stereocenters. The van der Waals surface area contributed by atoms with E-state index in [0.717, 1.165) is 50.9 Å². The fourth-order valence-electron chi connectivity index (χ4n) is 1.77. The van der Waals surface area contributed by atoms with Crippen LogP contribution in [0, 0.1) is 0 Å². The van der Waals surface area contributed by atoms with E-state index in [4.69, 9.17) is 10.5 Å². The van der Waals surface area contributed by atoms with Gasteiger partial charge in [-0.2, -0.15) is 4.98 Å². The lowest BCUT2D eigenvalue weighted by Gasteiger charge is -2.14. The van der Waals surface area contributed by atoms with Crippen LogP contribution in [0.5, 0.6) is 5.88 Å². The number of unbranched alkanes of at least 4 members (excludes halogenated alkanes) is 2. The summed E-state index contributed by atoms with van der Waals surface area (Å²) in [4.78, 5) is 8.92. The number of nitrogens with zero attached hydrogens (tertiary/aromatic N) is 2. The molecule has 1 aromatic heterocycles. The van der Waals surface area contributed by atoms with E-state index in [1.54, 1.807) is 0 Å². The lowest BCUT2D eigenvalue weighted by atomic mass is 10.3. The van der Waals surface area contributed by atoms with Crippen molar-refractivity contribution in [3.05, 3.63) is 5.82 Å². The molecule has 1 heterocycles. The molecule has 0 spiro atoms. The Hall–Kier alpha value is -1.52. The number of aryl methyl sites for hydroxylation is 1. The average molecular weight is 280 g/mol. The third kappa shape index (κ3) is 5.23. The minimum atomic E-state index is 0.524. The van der Waals surface area contributed by atoms with Gasteiger partial charge >= 0.3 is 0 Å². The standard InChI is InChI=1S/C15H28N4O/c1-4-7-10-17-14-13(16)15(20-11-8-5-2)19-12(18-14)9-6-3/h4-11,16H2,1-3H3,(H,17,18,19). The van der Waals surface area contributed by atoms with E-state index in [2.05, 4.69) is 36.1 Å². The molecule has 0 aromatic carbocycles. The predicted octanol–water partition coefficient (Wildman–Crippen LogP) is 3.40. The van der Waals surface area contributed by atoms with E-state index in [1.807, 2.05) is 0 Å². The number of aromatic nitrogens is 2. The Morgan fingerprint density at radius 1 is 1.05 bits per heavy atom. The van der Waals surface area contributed by atoms with Crippen molar-refractivity contribution >= 4 is 11.5 Å². The summed E-state index contributed by atoms with van der Waals surface area (Å²) in [5.74, 6) is 2.03. The second kappa shape index (κ2) is 9.39. The number of anilines is 2. The molecule has 114 valence electrons. The summed E-state index contributed by atoms with van der Waals surface area (Å²) in [5.41, 5.74) is 6.63. The maximum atomic E-state index is 6.10. The van der Waals surface area contributed by atoms with Crippen molar-refractivity contribution in [3.63, 3.8) is 0 Å². The van der Waals surface area contributed by atoms with E-state index in [0.29, 0.717) is 24.0 Å². The zero-order valence-electron chi connectivity index (χ0n) is 13.0. The van der Waals surface area contributed by atoms with Crippen LogP contribution in [0.4, 0.5) is 11.5 Å². The Morgan fingerprint density at radius 2 is 1.80 bits per heavy atom. The lowest BCUT2D eigenvalue weighted by Crippen LogP contribution is -2.12. The van der Waals surface area contributed by atoms with E-state index >= 15 is 0 Å². The van der Waals surface area contributed by atoms with Gasteiger partial charge in [0.1, 0.15) is 11.5 Å². The van der Waals surface area contributed by atoms with Gasteiger partial charge < -0.3 is 15.8 Å². The van der Waals surface area contributed by atoms with Crippen molar-refractivity contribution in [2.45, 2.75) is 59.3 Å². The number of nitrogen functional groups attached to an aromatic ring is 1. The van der Waals surface area contributed by atoms with E-state index in [9.17, 15) is 0 Å². The Balaban J connectivity index is 2.83. The maximum absolute atomic E-state index is 6.10. The molecule has 5 nitrogen and oxygen atoms in total. The largest absolute Gasteiger partial charge is 0.476 e. The molecule has 0 aliphatic rings.